The Hall–Kier alpha value is -3.45. The van der Waals surface area contributed by atoms with Crippen molar-refractivity contribution in [2.75, 3.05) is 43.0 Å². The maximum absolute atomic E-state index is 15.9. The number of aromatic nitrogens is 3. The van der Waals surface area contributed by atoms with Crippen LogP contribution in [0.2, 0.25) is 0 Å². The van der Waals surface area contributed by atoms with Crippen molar-refractivity contribution in [1.82, 2.24) is 24.8 Å². The van der Waals surface area contributed by atoms with E-state index in [0.717, 1.165) is 25.8 Å². The van der Waals surface area contributed by atoms with Gasteiger partial charge in [-0.2, -0.15) is 0 Å². The second-order valence-electron chi connectivity index (χ2n) is 13.4. The molecule has 2 fully saturated rings. The molecule has 2 N–H and O–H groups in total. The summed E-state index contributed by atoms with van der Waals surface area (Å²) in [5.41, 5.74) is 0.998. The number of rotatable bonds is 1. The van der Waals surface area contributed by atoms with Crippen LogP contribution in [-0.4, -0.2) is 71.4 Å². The Morgan fingerprint density at radius 3 is 2.45 bits per heavy atom. The molecule has 0 unspecified atom stereocenters. The van der Waals surface area contributed by atoms with Crippen LogP contribution in [0.1, 0.15) is 86.3 Å². The molecule has 0 radical (unpaired) electrons. The van der Waals surface area contributed by atoms with E-state index >= 15 is 8.78 Å². The van der Waals surface area contributed by atoms with Crippen molar-refractivity contribution < 1.29 is 22.0 Å². The average Bonchev–Trinajstić information content (AvgIpc) is 3.04. The molecular weight excluding hydrogens is 626 g/mol. The summed E-state index contributed by atoms with van der Waals surface area (Å²) >= 11 is 0. The third kappa shape index (κ3) is 7.35. The van der Waals surface area contributed by atoms with Gasteiger partial charge in [0.25, 0.3) is 11.5 Å². The van der Waals surface area contributed by atoms with Gasteiger partial charge in [0, 0.05) is 29.6 Å². The monoisotopic (exact) mass is 670 g/mol. The van der Waals surface area contributed by atoms with Crippen LogP contribution >= 0.6 is 0 Å². The molecule has 10 nitrogen and oxygen atoms in total. The number of carbonyl (C=O) groups excluding carboxylic acids is 1. The van der Waals surface area contributed by atoms with E-state index in [0.29, 0.717) is 73.5 Å². The van der Waals surface area contributed by atoms with Crippen molar-refractivity contribution >= 4 is 32.6 Å². The highest BCUT2D eigenvalue weighted by atomic mass is 32.2. The normalized spacial score (nSPS) is 25.8. The van der Waals surface area contributed by atoms with E-state index in [9.17, 15) is 18.0 Å². The number of benzene rings is 1. The average molecular weight is 671 g/mol. The number of aryl methyl sites for hydroxylation is 1. The number of hydrogen-bond donors (Lipinski definition) is 2. The Morgan fingerprint density at radius 1 is 0.957 bits per heavy atom. The fourth-order valence-corrected chi connectivity index (χ4v) is 8.74. The molecule has 1 atom stereocenters. The summed E-state index contributed by atoms with van der Waals surface area (Å²) in [6.07, 6.45) is 4.03. The molecule has 3 aromatic rings. The maximum Gasteiger partial charge on any atom is 0.276 e. The number of nitrogens with one attached hydrogen (secondary N) is 2. The number of hydrogen-bond acceptors (Lipinski definition) is 8. The summed E-state index contributed by atoms with van der Waals surface area (Å²) in [4.78, 5) is 38.7. The fraction of sp³-hybridized carbons (Fsp3) is 0.588. The molecule has 4 aliphatic heterocycles. The van der Waals surface area contributed by atoms with Gasteiger partial charge in [-0.05, 0) is 95.6 Å². The third-order valence-corrected chi connectivity index (χ3v) is 11.8. The van der Waals surface area contributed by atoms with E-state index in [1.165, 1.54) is 10.6 Å². The summed E-state index contributed by atoms with van der Waals surface area (Å²) in [6.45, 7) is 5.89. The smallest absolute Gasteiger partial charge is 0.276 e. The van der Waals surface area contributed by atoms with Crippen molar-refractivity contribution in [1.29, 1.82) is 0 Å². The van der Waals surface area contributed by atoms with E-state index < -0.39 is 27.7 Å². The van der Waals surface area contributed by atoms with Crippen molar-refractivity contribution in [3.63, 3.8) is 0 Å². The van der Waals surface area contributed by atoms with Gasteiger partial charge in [-0.1, -0.05) is 24.6 Å². The predicted molar refractivity (Wildman–Crippen MR) is 178 cm³/mol. The predicted octanol–water partition coefficient (Wildman–Crippen LogP) is 4.67. The van der Waals surface area contributed by atoms with Gasteiger partial charge < -0.3 is 15.5 Å². The van der Waals surface area contributed by atoms with Crippen molar-refractivity contribution in [2.24, 2.45) is 5.92 Å². The van der Waals surface area contributed by atoms with Gasteiger partial charge in [-0.15, -0.1) is 0 Å². The molecular formula is C34H44F2N6O4S. The van der Waals surface area contributed by atoms with Crippen LogP contribution in [0.25, 0.3) is 11.0 Å². The molecule has 0 spiro atoms. The Kier molecular flexibility index (Phi) is 9.66. The van der Waals surface area contributed by atoms with Crippen LogP contribution < -0.4 is 16.2 Å². The van der Waals surface area contributed by atoms with E-state index in [2.05, 4.69) is 25.5 Å². The van der Waals surface area contributed by atoms with Gasteiger partial charge in [-0.3, -0.25) is 14.2 Å². The number of alkyl halides is 2. The lowest BCUT2D eigenvalue weighted by Crippen LogP contribution is -2.40. The van der Waals surface area contributed by atoms with Crippen LogP contribution in [0.5, 0.6) is 0 Å². The van der Waals surface area contributed by atoms with Gasteiger partial charge in [0.2, 0.25) is 5.91 Å². The van der Waals surface area contributed by atoms with Crippen LogP contribution in [-0.2, 0) is 27.1 Å². The first kappa shape index (κ1) is 33.5. The zero-order chi connectivity index (χ0) is 33.3. The van der Waals surface area contributed by atoms with Crippen LogP contribution in [0.15, 0.2) is 35.1 Å². The molecule has 0 saturated carbocycles. The van der Waals surface area contributed by atoms with Crippen LogP contribution in [0.3, 0.4) is 0 Å². The summed E-state index contributed by atoms with van der Waals surface area (Å²) < 4.78 is 57.6. The SMILES string of the molecule is Cc1nc2c3cc(C4CCS(=O)(=O)CC4)c(=O)n(c3n1)CC(=O)NCCCCCN1CCC(CC1)C(F)(F)c1cccc(c1)[C@@H](C)N2. The number of nitrogens with zero attached hydrogens (tertiary/aromatic N) is 4. The quantitative estimate of drug-likeness (QED) is 0.383. The number of fused-ring (bicyclic) bond motifs is 10. The third-order valence-electron chi connectivity index (χ3n) is 10.1. The molecule has 8 bridgehead atoms. The lowest BCUT2D eigenvalue weighted by Gasteiger charge is -2.36. The van der Waals surface area contributed by atoms with Crippen molar-refractivity contribution in [3.8, 4) is 0 Å². The summed E-state index contributed by atoms with van der Waals surface area (Å²) in [6, 6.07) is 7.84. The van der Waals surface area contributed by atoms with Gasteiger partial charge in [-0.25, -0.2) is 27.2 Å². The molecule has 6 heterocycles. The molecule has 254 valence electrons. The molecule has 7 rings (SSSR count). The molecule has 1 aromatic carbocycles. The van der Waals surface area contributed by atoms with Gasteiger partial charge in [0.1, 0.15) is 33.7 Å². The maximum atomic E-state index is 15.9. The number of carbonyl (C=O) groups is 1. The second kappa shape index (κ2) is 13.6. The highest BCUT2D eigenvalue weighted by Gasteiger charge is 2.42. The Bertz CT molecular complexity index is 1790. The fourth-order valence-electron chi connectivity index (χ4n) is 7.25. The molecule has 2 aromatic heterocycles. The minimum absolute atomic E-state index is 0.00218. The highest BCUT2D eigenvalue weighted by molar-refractivity contribution is 7.91. The summed E-state index contributed by atoms with van der Waals surface area (Å²) in [5.74, 6) is -3.55. The van der Waals surface area contributed by atoms with Crippen LogP contribution in [0, 0.1) is 12.8 Å². The van der Waals surface area contributed by atoms with Gasteiger partial charge >= 0.3 is 0 Å². The first-order valence-corrected chi connectivity index (χ1v) is 18.6. The number of halogens is 2. The minimum Gasteiger partial charge on any atom is -0.363 e. The van der Waals surface area contributed by atoms with Crippen molar-refractivity contribution in [2.45, 2.75) is 83.2 Å². The Morgan fingerprint density at radius 2 is 1.70 bits per heavy atom. The second-order valence-corrected chi connectivity index (χ2v) is 15.7. The molecule has 1 amide bonds. The topological polar surface area (TPSA) is 126 Å². The number of sulfone groups is 1. The first-order valence-electron chi connectivity index (χ1n) is 16.8. The highest BCUT2D eigenvalue weighted by Crippen LogP contribution is 2.42. The number of piperidine rings is 1. The lowest BCUT2D eigenvalue weighted by atomic mass is 9.85. The van der Waals surface area contributed by atoms with E-state index in [1.807, 2.05) is 13.0 Å². The minimum atomic E-state index is -3.17. The molecule has 47 heavy (non-hydrogen) atoms. The largest absolute Gasteiger partial charge is 0.363 e. The Labute approximate surface area is 274 Å². The zero-order valence-corrected chi connectivity index (χ0v) is 27.9. The molecule has 13 heteroatoms. The van der Waals surface area contributed by atoms with E-state index in [-0.39, 0.29) is 46.6 Å². The standard InChI is InChI=1S/C34H44F2N6O4S/c1-22-25-7-6-8-27(19-25)34(35,36)26-9-15-41(16-10-26)14-5-3-4-13-37-30(43)21-42-32-29(31(38-22)39-23(2)40-32)20-28(33(42)44)24-11-17-47(45,46)18-12-24/h6-8,19-20,22,24,26H,3-5,9-18,21H2,1-2H3,(H,37,43)(H,38,39,40)/t22-/m1/s1. The number of amides is 1. The molecule has 0 aliphatic carbocycles. The Balaban J connectivity index is 1.42. The zero-order valence-electron chi connectivity index (χ0n) is 27.1. The molecule has 2 saturated heterocycles. The first-order chi connectivity index (χ1) is 22.4. The van der Waals surface area contributed by atoms with E-state index in [4.69, 9.17) is 0 Å². The number of anilines is 1. The van der Waals surface area contributed by atoms with Gasteiger partial charge in [0.05, 0.1) is 16.9 Å². The number of pyridine rings is 1. The molecule has 4 aliphatic rings. The van der Waals surface area contributed by atoms with Crippen LogP contribution in [0.4, 0.5) is 14.6 Å². The summed E-state index contributed by atoms with van der Waals surface area (Å²) in [7, 11) is -3.17. The van der Waals surface area contributed by atoms with E-state index in [1.54, 1.807) is 25.1 Å². The summed E-state index contributed by atoms with van der Waals surface area (Å²) in [5, 5.41) is 6.83. The lowest BCUT2D eigenvalue weighted by molar-refractivity contribution is -0.121. The van der Waals surface area contributed by atoms with Gasteiger partial charge in [0.15, 0.2) is 0 Å². The van der Waals surface area contributed by atoms with Crippen molar-refractivity contribution in [3.05, 3.63) is 63.2 Å².